The Morgan fingerprint density at radius 3 is 2.15 bits per heavy atom. The first kappa shape index (κ1) is 20.9. The third kappa shape index (κ3) is 6.37. The molecule has 2 aromatic rings. The highest BCUT2D eigenvalue weighted by atomic mass is 32.2. The van der Waals surface area contributed by atoms with Gasteiger partial charge in [-0.25, -0.2) is 13.1 Å². The van der Waals surface area contributed by atoms with Crippen LogP contribution in [0.4, 0.5) is 13.2 Å². The normalized spacial score (nSPS) is 12.1. The van der Waals surface area contributed by atoms with Crippen molar-refractivity contribution in [3.63, 3.8) is 0 Å². The van der Waals surface area contributed by atoms with Crippen LogP contribution in [0.15, 0.2) is 53.4 Å². The maximum Gasteiger partial charge on any atom is 0.416 e. The van der Waals surface area contributed by atoms with Gasteiger partial charge in [0.05, 0.1) is 10.5 Å². The van der Waals surface area contributed by atoms with Gasteiger partial charge in [0.25, 0.3) is 0 Å². The standard InChI is InChI=1S/C18H18F3NO4S/c19-18(20,21)15-2-1-3-16(12-15)27(25,26)22-11-10-14-6-4-13(5-7-14)8-9-17(23)24/h1-7,12,22H,8-11H2,(H,23,24). The van der Waals surface area contributed by atoms with E-state index < -0.39 is 32.6 Å². The van der Waals surface area contributed by atoms with E-state index >= 15 is 0 Å². The molecule has 0 fully saturated rings. The molecule has 0 amide bonds. The first-order chi connectivity index (χ1) is 12.6. The van der Waals surface area contributed by atoms with Gasteiger partial charge in [-0.15, -0.1) is 0 Å². The summed E-state index contributed by atoms with van der Waals surface area (Å²) in [6.07, 6.45) is -3.85. The Balaban J connectivity index is 1.95. The molecule has 27 heavy (non-hydrogen) atoms. The summed E-state index contributed by atoms with van der Waals surface area (Å²) in [6, 6.07) is 10.6. The fourth-order valence-corrected chi connectivity index (χ4v) is 3.45. The lowest BCUT2D eigenvalue weighted by molar-refractivity contribution is -0.138. The summed E-state index contributed by atoms with van der Waals surface area (Å²) in [4.78, 5) is 10.1. The number of alkyl halides is 3. The molecule has 5 nitrogen and oxygen atoms in total. The molecule has 0 aliphatic rings. The van der Waals surface area contributed by atoms with Crippen LogP contribution in [0.2, 0.25) is 0 Å². The molecule has 0 bridgehead atoms. The summed E-state index contributed by atoms with van der Waals surface area (Å²) in [5, 5.41) is 8.65. The Kier molecular flexibility index (Phi) is 6.61. The van der Waals surface area contributed by atoms with Gasteiger partial charge in [-0.1, -0.05) is 30.3 Å². The van der Waals surface area contributed by atoms with Crippen molar-refractivity contribution in [2.45, 2.75) is 30.3 Å². The fourth-order valence-electron chi connectivity index (χ4n) is 2.38. The number of nitrogens with one attached hydrogen (secondary N) is 1. The maximum atomic E-state index is 12.7. The molecule has 0 saturated carbocycles. The summed E-state index contributed by atoms with van der Waals surface area (Å²) >= 11 is 0. The Bertz CT molecular complexity index is 894. The number of hydrogen-bond donors (Lipinski definition) is 2. The third-order valence-electron chi connectivity index (χ3n) is 3.83. The Morgan fingerprint density at radius 1 is 1.00 bits per heavy atom. The van der Waals surface area contributed by atoms with E-state index in [1.807, 2.05) is 0 Å². The molecule has 0 radical (unpaired) electrons. The predicted octanol–water partition coefficient (Wildman–Crippen LogP) is 3.24. The van der Waals surface area contributed by atoms with Crippen LogP contribution < -0.4 is 4.72 Å². The highest BCUT2D eigenvalue weighted by Crippen LogP contribution is 2.30. The minimum Gasteiger partial charge on any atom is -0.481 e. The SMILES string of the molecule is O=C(O)CCc1ccc(CCNS(=O)(=O)c2cccc(C(F)(F)F)c2)cc1. The first-order valence-electron chi connectivity index (χ1n) is 8.04. The second-order valence-electron chi connectivity index (χ2n) is 5.88. The van der Waals surface area contributed by atoms with Crippen LogP contribution in [0.5, 0.6) is 0 Å². The highest BCUT2D eigenvalue weighted by molar-refractivity contribution is 7.89. The van der Waals surface area contributed by atoms with Crippen LogP contribution >= 0.6 is 0 Å². The lowest BCUT2D eigenvalue weighted by atomic mass is 10.1. The van der Waals surface area contributed by atoms with Gasteiger partial charge in [0.2, 0.25) is 10.0 Å². The number of aliphatic carboxylic acids is 1. The van der Waals surface area contributed by atoms with Gasteiger partial charge < -0.3 is 5.11 Å². The number of hydrogen-bond acceptors (Lipinski definition) is 3. The van der Waals surface area contributed by atoms with E-state index in [1.54, 1.807) is 24.3 Å². The van der Waals surface area contributed by atoms with Crippen LogP contribution in [-0.4, -0.2) is 26.0 Å². The number of carboxylic acid groups (broad SMARTS) is 1. The number of halogens is 3. The summed E-state index contributed by atoms with van der Waals surface area (Å²) in [7, 11) is -4.05. The van der Waals surface area contributed by atoms with Crippen molar-refractivity contribution in [2.24, 2.45) is 0 Å². The molecule has 0 aliphatic carbocycles. The number of sulfonamides is 1. The molecule has 0 atom stereocenters. The van der Waals surface area contributed by atoms with E-state index in [0.717, 1.165) is 29.3 Å². The maximum absolute atomic E-state index is 12.7. The van der Waals surface area contributed by atoms with Gasteiger partial charge in [-0.2, -0.15) is 13.2 Å². The number of benzene rings is 2. The first-order valence-corrected chi connectivity index (χ1v) is 9.53. The monoisotopic (exact) mass is 401 g/mol. The molecule has 2 rings (SSSR count). The second-order valence-corrected chi connectivity index (χ2v) is 7.65. The molecule has 0 unspecified atom stereocenters. The van der Waals surface area contributed by atoms with Crippen molar-refractivity contribution in [1.29, 1.82) is 0 Å². The third-order valence-corrected chi connectivity index (χ3v) is 5.29. The quantitative estimate of drug-likeness (QED) is 0.711. The molecule has 0 spiro atoms. The summed E-state index contributed by atoms with van der Waals surface area (Å²) < 4.78 is 64.8. The highest BCUT2D eigenvalue weighted by Gasteiger charge is 2.31. The topological polar surface area (TPSA) is 83.5 Å². The van der Waals surface area contributed by atoms with Gasteiger partial charge in [0.1, 0.15) is 0 Å². The average Bonchev–Trinajstić information content (AvgIpc) is 2.60. The van der Waals surface area contributed by atoms with E-state index in [2.05, 4.69) is 4.72 Å². The minimum absolute atomic E-state index is 0.0209. The van der Waals surface area contributed by atoms with Crippen LogP contribution in [0.25, 0.3) is 0 Å². The van der Waals surface area contributed by atoms with E-state index in [0.29, 0.717) is 18.9 Å². The molecule has 0 aromatic heterocycles. The zero-order valence-electron chi connectivity index (χ0n) is 14.2. The van der Waals surface area contributed by atoms with E-state index in [9.17, 15) is 26.4 Å². The minimum atomic E-state index is -4.62. The van der Waals surface area contributed by atoms with Crippen LogP contribution in [0.1, 0.15) is 23.1 Å². The van der Waals surface area contributed by atoms with Crippen molar-refractivity contribution in [3.05, 3.63) is 65.2 Å². The Hall–Kier alpha value is -2.39. The molecule has 0 aliphatic heterocycles. The number of rotatable bonds is 8. The van der Waals surface area contributed by atoms with Crippen molar-refractivity contribution in [2.75, 3.05) is 6.54 Å². The molecule has 0 saturated heterocycles. The number of aryl methyl sites for hydroxylation is 1. The smallest absolute Gasteiger partial charge is 0.416 e. The number of carbonyl (C=O) groups is 1. The van der Waals surface area contributed by atoms with Gasteiger partial charge in [-0.3, -0.25) is 4.79 Å². The largest absolute Gasteiger partial charge is 0.481 e. The molecular weight excluding hydrogens is 383 g/mol. The van der Waals surface area contributed by atoms with E-state index in [1.165, 1.54) is 0 Å². The Labute approximate surface area is 154 Å². The van der Waals surface area contributed by atoms with Gasteiger partial charge in [0.15, 0.2) is 0 Å². The average molecular weight is 401 g/mol. The zero-order chi connectivity index (χ0) is 20.1. The van der Waals surface area contributed by atoms with Gasteiger partial charge >= 0.3 is 12.1 Å². The Morgan fingerprint density at radius 2 is 1.59 bits per heavy atom. The molecule has 2 N–H and O–H groups in total. The summed E-state index contributed by atoms with van der Waals surface area (Å²) in [5.74, 6) is -0.886. The van der Waals surface area contributed by atoms with Crippen LogP contribution in [0.3, 0.4) is 0 Å². The molecule has 146 valence electrons. The molecule has 9 heteroatoms. The van der Waals surface area contributed by atoms with Crippen LogP contribution in [-0.2, 0) is 33.8 Å². The number of carboxylic acids is 1. The summed E-state index contributed by atoms with van der Waals surface area (Å²) in [6.45, 7) is 0.0209. The predicted molar refractivity (Wildman–Crippen MR) is 92.7 cm³/mol. The van der Waals surface area contributed by atoms with Crippen molar-refractivity contribution in [3.8, 4) is 0 Å². The second kappa shape index (κ2) is 8.53. The van der Waals surface area contributed by atoms with Crippen LogP contribution in [0, 0.1) is 0 Å². The lowest BCUT2D eigenvalue weighted by Gasteiger charge is -2.10. The van der Waals surface area contributed by atoms with Crippen molar-refractivity contribution in [1.82, 2.24) is 4.72 Å². The zero-order valence-corrected chi connectivity index (χ0v) is 15.0. The van der Waals surface area contributed by atoms with E-state index in [-0.39, 0.29) is 13.0 Å². The fraction of sp³-hybridized carbons (Fsp3) is 0.278. The summed E-state index contributed by atoms with van der Waals surface area (Å²) in [5.41, 5.74) is 0.647. The lowest BCUT2D eigenvalue weighted by Crippen LogP contribution is -2.26. The molecule has 0 heterocycles. The van der Waals surface area contributed by atoms with Crippen molar-refractivity contribution >= 4 is 16.0 Å². The van der Waals surface area contributed by atoms with Gasteiger partial charge in [0, 0.05) is 13.0 Å². The van der Waals surface area contributed by atoms with Gasteiger partial charge in [-0.05, 0) is 42.2 Å². The molecule has 2 aromatic carbocycles. The van der Waals surface area contributed by atoms with Crippen molar-refractivity contribution < 1.29 is 31.5 Å². The molecular formula is C18H18F3NO4S. The van der Waals surface area contributed by atoms with E-state index in [4.69, 9.17) is 5.11 Å².